The Morgan fingerprint density at radius 2 is 2.12 bits per heavy atom. The summed E-state index contributed by atoms with van der Waals surface area (Å²) in [7, 11) is 1.47. The van der Waals surface area contributed by atoms with Crippen molar-refractivity contribution in [1.29, 1.82) is 0 Å². The number of ether oxygens (including phenoxy) is 1. The maximum absolute atomic E-state index is 5.89. The first-order valence-corrected chi connectivity index (χ1v) is 5.86. The predicted molar refractivity (Wildman–Crippen MR) is 66.4 cm³/mol. The lowest BCUT2D eigenvalue weighted by Crippen LogP contribution is -2.01. The van der Waals surface area contributed by atoms with E-state index in [0.717, 1.165) is 4.90 Å². The van der Waals surface area contributed by atoms with E-state index in [1.54, 1.807) is 6.07 Å². The van der Waals surface area contributed by atoms with Crippen molar-refractivity contribution in [3.8, 4) is 6.01 Å². The highest BCUT2D eigenvalue weighted by atomic mass is 35.5. The lowest BCUT2D eigenvalue weighted by molar-refractivity contribution is 0.374. The van der Waals surface area contributed by atoms with E-state index >= 15 is 0 Å². The third kappa shape index (κ3) is 3.21. The van der Waals surface area contributed by atoms with Crippen LogP contribution in [0.2, 0.25) is 5.02 Å². The molecule has 0 unspecified atom stereocenters. The van der Waals surface area contributed by atoms with Crippen LogP contribution in [0.3, 0.4) is 0 Å². The molecule has 5 nitrogen and oxygen atoms in total. The molecule has 17 heavy (non-hydrogen) atoms. The zero-order chi connectivity index (χ0) is 12.3. The molecule has 1 aromatic heterocycles. The molecular weight excluding hydrogens is 260 g/mol. The zero-order valence-corrected chi connectivity index (χ0v) is 10.5. The first kappa shape index (κ1) is 11.9. The van der Waals surface area contributed by atoms with Gasteiger partial charge in [-0.05, 0) is 30.0 Å². The molecule has 0 bridgehead atoms. The minimum atomic E-state index is 0.126. The van der Waals surface area contributed by atoms with Gasteiger partial charge in [-0.15, -0.1) is 0 Å². The zero-order valence-electron chi connectivity index (χ0n) is 8.92. The van der Waals surface area contributed by atoms with Crippen LogP contribution in [0.5, 0.6) is 6.01 Å². The third-order valence-corrected chi connectivity index (χ3v) is 2.89. The van der Waals surface area contributed by atoms with E-state index in [4.69, 9.17) is 22.1 Å². The fraction of sp³-hybridized carbons (Fsp3) is 0.100. The summed E-state index contributed by atoms with van der Waals surface area (Å²) < 4.78 is 4.92. The molecule has 88 valence electrons. The van der Waals surface area contributed by atoms with Gasteiger partial charge in [-0.25, -0.2) is 0 Å². The molecule has 0 fully saturated rings. The van der Waals surface area contributed by atoms with Crippen LogP contribution >= 0.6 is 23.4 Å². The van der Waals surface area contributed by atoms with Gasteiger partial charge in [0.1, 0.15) is 0 Å². The number of nitrogen functional groups attached to an aromatic ring is 1. The van der Waals surface area contributed by atoms with E-state index in [-0.39, 0.29) is 12.0 Å². The van der Waals surface area contributed by atoms with Crippen molar-refractivity contribution in [3.63, 3.8) is 0 Å². The van der Waals surface area contributed by atoms with Crippen LogP contribution in [0.15, 0.2) is 34.3 Å². The Morgan fingerprint density at radius 3 is 2.82 bits per heavy atom. The van der Waals surface area contributed by atoms with Crippen molar-refractivity contribution in [2.24, 2.45) is 0 Å². The highest BCUT2D eigenvalue weighted by Crippen LogP contribution is 2.27. The molecule has 0 aliphatic heterocycles. The summed E-state index contributed by atoms with van der Waals surface area (Å²) in [5.74, 6) is 0.126. The Kier molecular flexibility index (Phi) is 3.65. The van der Waals surface area contributed by atoms with Crippen LogP contribution in [0.1, 0.15) is 0 Å². The van der Waals surface area contributed by atoms with E-state index in [2.05, 4.69) is 15.0 Å². The molecule has 0 atom stereocenters. The molecule has 2 rings (SSSR count). The van der Waals surface area contributed by atoms with Crippen LogP contribution in [-0.2, 0) is 0 Å². The number of rotatable bonds is 3. The Bertz CT molecular complexity index is 537. The topological polar surface area (TPSA) is 73.9 Å². The van der Waals surface area contributed by atoms with Gasteiger partial charge in [-0.1, -0.05) is 17.7 Å². The molecule has 0 amide bonds. The lowest BCUT2D eigenvalue weighted by Gasteiger charge is -2.03. The van der Waals surface area contributed by atoms with Crippen LogP contribution in [0.25, 0.3) is 0 Å². The Morgan fingerprint density at radius 1 is 1.29 bits per heavy atom. The van der Waals surface area contributed by atoms with E-state index in [1.165, 1.54) is 18.9 Å². The molecule has 0 aliphatic carbocycles. The lowest BCUT2D eigenvalue weighted by atomic mass is 10.4. The molecule has 1 heterocycles. The summed E-state index contributed by atoms with van der Waals surface area (Å²) in [6.45, 7) is 0. The third-order valence-electron chi connectivity index (χ3n) is 1.80. The highest BCUT2D eigenvalue weighted by molar-refractivity contribution is 7.99. The summed E-state index contributed by atoms with van der Waals surface area (Å²) >= 11 is 7.22. The second-order valence-electron chi connectivity index (χ2n) is 3.02. The largest absolute Gasteiger partial charge is 0.467 e. The number of nitrogens with zero attached hydrogens (tertiary/aromatic N) is 3. The number of halogens is 1. The normalized spacial score (nSPS) is 10.2. The van der Waals surface area contributed by atoms with Crippen molar-refractivity contribution >= 4 is 29.3 Å². The number of aromatic nitrogens is 3. The standard InChI is InChI=1S/C10H9ClN4OS/c1-16-9-13-8(12)14-10(15-9)17-7-4-2-3-6(11)5-7/h2-5H,1H3,(H2,12,13,14,15). The summed E-state index contributed by atoms with van der Waals surface area (Å²) in [6.07, 6.45) is 0. The van der Waals surface area contributed by atoms with Crippen molar-refractivity contribution in [1.82, 2.24) is 15.0 Å². The number of methoxy groups -OCH3 is 1. The van der Waals surface area contributed by atoms with Crippen LogP contribution < -0.4 is 10.5 Å². The predicted octanol–water partition coefficient (Wildman–Crippen LogP) is 2.27. The van der Waals surface area contributed by atoms with Crippen molar-refractivity contribution in [3.05, 3.63) is 29.3 Å². The highest BCUT2D eigenvalue weighted by Gasteiger charge is 2.06. The molecule has 0 aliphatic rings. The molecular formula is C10H9ClN4OS. The molecule has 0 radical (unpaired) electrons. The second-order valence-corrected chi connectivity index (χ2v) is 4.50. The van der Waals surface area contributed by atoms with Gasteiger partial charge >= 0.3 is 6.01 Å². The summed E-state index contributed by atoms with van der Waals surface area (Å²) in [5.41, 5.74) is 5.54. The van der Waals surface area contributed by atoms with Gasteiger partial charge in [-0.2, -0.15) is 15.0 Å². The molecule has 0 saturated heterocycles. The van der Waals surface area contributed by atoms with Crippen LogP contribution in [0.4, 0.5) is 5.95 Å². The Labute approximate surface area is 107 Å². The summed E-state index contributed by atoms with van der Waals surface area (Å²) in [4.78, 5) is 12.8. The van der Waals surface area contributed by atoms with E-state index < -0.39 is 0 Å². The van der Waals surface area contributed by atoms with Gasteiger partial charge in [0.15, 0.2) is 0 Å². The first-order valence-electron chi connectivity index (χ1n) is 4.66. The molecule has 1 aromatic carbocycles. The molecule has 2 N–H and O–H groups in total. The average molecular weight is 269 g/mol. The Hall–Kier alpha value is -1.53. The van der Waals surface area contributed by atoms with Crippen LogP contribution in [-0.4, -0.2) is 22.1 Å². The number of anilines is 1. The first-order chi connectivity index (χ1) is 8.17. The van der Waals surface area contributed by atoms with Crippen molar-refractivity contribution in [2.45, 2.75) is 10.1 Å². The maximum atomic E-state index is 5.89. The van der Waals surface area contributed by atoms with Gasteiger partial charge in [0, 0.05) is 9.92 Å². The molecule has 0 spiro atoms. The monoisotopic (exact) mass is 268 g/mol. The molecule has 0 saturated carbocycles. The van der Waals surface area contributed by atoms with E-state index in [9.17, 15) is 0 Å². The maximum Gasteiger partial charge on any atom is 0.321 e. The van der Waals surface area contributed by atoms with Gasteiger partial charge < -0.3 is 10.5 Å². The smallest absolute Gasteiger partial charge is 0.321 e. The number of benzene rings is 1. The van der Waals surface area contributed by atoms with Gasteiger partial charge in [0.25, 0.3) is 0 Å². The van der Waals surface area contributed by atoms with E-state index in [0.29, 0.717) is 10.2 Å². The number of hydrogen-bond acceptors (Lipinski definition) is 6. The quantitative estimate of drug-likeness (QED) is 0.920. The average Bonchev–Trinajstić information content (AvgIpc) is 2.28. The fourth-order valence-corrected chi connectivity index (χ4v) is 2.19. The summed E-state index contributed by atoms with van der Waals surface area (Å²) in [6, 6.07) is 7.57. The SMILES string of the molecule is COc1nc(N)nc(Sc2cccc(Cl)c2)n1. The summed E-state index contributed by atoms with van der Waals surface area (Å²) in [5, 5.41) is 1.13. The molecule has 2 aromatic rings. The van der Waals surface area contributed by atoms with Crippen LogP contribution in [0, 0.1) is 0 Å². The van der Waals surface area contributed by atoms with Crippen molar-refractivity contribution < 1.29 is 4.74 Å². The number of hydrogen-bond donors (Lipinski definition) is 1. The van der Waals surface area contributed by atoms with Crippen molar-refractivity contribution in [2.75, 3.05) is 12.8 Å². The Balaban J connectivity index is 2.26. The minimum absolute atomic E-state index is 0.126. The fourth-order valence-electron chi connectivity index (χ4n) is 1.13. The van der Waals surface area contributed by atoms with Gasteiger partial charge in [0.2, 0.25) is 11.1 Å². The van der Waals surface area contributed by atoms with Gasteiger partial charge in [-0.3, -0.25) is 0 Å². The second kappa shape index (κ2) is 5.20. The van der Waals surface area contributed by atoms with Gasteiger partial charge in [0.05, 0.1) is 7.11 Å². The number of nitrogens with two attached hydrogens (primary N) is 1. The molecule has 7 heteroatoms. The van der Waals surface area contributed by atoms with E-state index in [1.807, 2.05) is 18.2 Å². The minimum Gasteiger partial charge on any atom is -0.467 e.